The van der Waals surface area contributed by atoms with Gasteiger partial charge in [-0.25, -0.2) is 13.1 Å². The Balaban J connectivity index is 1.49. The van der Waals surface area contributed by atoms with Gasteiger partial charge < -0.3 is 20.9 Å². The van der Waals surface area contributed by atoms with Gasteiger partial charge in [-0.05, 0) is 38.2 Å². The normalized spacial score (nSPS) is 20.5. The van der Waals surface area contributed by atoms with E-state index in [-0.39, 0.29) is 35.5 Å². The predicted molar refractivity (Wildman–Crippen MR) is 126 cm³/mol. The van der Waals surface area contributed by atoms with Gasteiger partial charge in [-0.2, -0.15) is 0 Å². The van der Waals surface area contributed by atoms with Crippen LogP contribution in [0.15, 0.2) is 30.3 Å². The van der Waals surface area contributed by atoms with Crippen LogP contribution in [0, 0.1) is 11.3 Å². The second-order valence-corrected chi connectivity index (χ2v) is 10.6. The van der Waals surface area contributed by atoms with Crippen LogP contribution in [0.3, 0.4) is 0 Å². The van der Waals surface area contributed by atoms with Crippen LogP contribution in [0.25, 0.3) is 0 Å². The van der Waals surface area contributed by atoms with Crippen LogP contribution in [-0.4, -0.2) is 74.3 Å². The Hall–Kier alpha value is -2.66. The molecule has 11 heteroatoms. The lowest BCUT2D eigenvalue weighted by atomic mass is 9.96. The highest BCUT2D eigenvalue weighted by Gasteiger charge is 2.34. The molecule has 1 aromatic rings. The van der Waals surface area contributed by atoms with E-state index >= 15 is 0 Å². The molecule has 0 unspecified atom stereocenters. The number of carbonyl (C=O) groups excluding carboxylic acids is 2. The number of piperidine rings is 1. The van der Waals surface area contributed by atoms with E-state index in [0.717, 1.165) is 12.8 Å². The first-order valence-electron chi connectivity index (χ1n) is 11.4. The van der Waals surface area contributed by atoms with E-state index in [0.29, 0.717) is 44.6 Å². The van der Waals surface area contributed by atoms with Crippen molar-refractivity contribution in [2.24, 2.45) is 11.7 Å². The molecule has 2 heterocycles. The Morgan fingerprint density at radius 1 is 1.15 bits per heavy atom. The quantitative estimate of drug-likeness (QED) is 0.310. The lowest BCUT2D eigenvalue weighted by Crippen LogP contribution is -2.52. The zero-order valence-corrected chi connectivity index (χ0v) is 19.8. The highest BCUT2D eigenvalue weighted by atomic mass is 32.2. The van der Waals surface area contributed by atoms with E-state index in [1.807, 2.05) is 6.07 Å². The van der Waals surface area contributed by atoms with Gasteiger partial charge in [0.05, 0.1) is 11.8 Å². The van der Waals surface area contributed by atoms with Crippen molar-refractivity contribution in [3.8, 4) is 0 Å². The van der Waals surface area contributed by atoms with Gasteiger partial charge in [0.15, 0.2) is 5.96 Å². The number of benzene rings is 1. The Bertz CT molecular complexity index is 947. The molecule has 3 rings (SSSR count). The Labute approximate surface area is 195 Å². The fraction of sp³-hybridized carbons (Fsp3) is 0.591. The van der Waals surface area contributed by atoms with E-state index in [2.05, 4.69) is 10.0 Å². The highest BCUT2D eigenvalue weighted by molar-refractivity contribution is 7.88. The third-order valence-corrected chi connectivity index (χ3v) is 7.73. The number of amides is 2. The zero-order valence-electron chi connectivity index (χ0n) is 19.0. The van der Waals surface area contributed by atoms with Gasteiger partial charge >= 0.3 is 0 Å². The van der Waals surface area contributed by atoms with Crippen molar-refractivity contribution < 1.29 is 18.0 Å². The number of sulfonamides is 1. The van der Waals surface area contributed by atoms with Crippen molar-refractivity contribution in [2.45, 2.75) is 50.4 Å². The summed E-state index contributed by atoms with van der Waals surface area (Å²) in [6.07, 6.45) is 2.85. The molecule has 2 amide bonds. The molecule has 2 saturated heterocycles. The molecule has 33 heavy (non-hydrogen) atoms. The number of nitrogens with two attached hydrogens (primary N) is 1. The van der Waals surface area contributed by atoms with Crippen LogP contribution in [0.4, 0.5) is 0 Å². The molecule has 0 bridgehead atoms. The number of nitrogens with one attached hydrogen (secondary N) is 3. The molecule has 182 valence electrons. The van der Waals surface area contributed by atoms with Crippen LogP contribution in [-0.2, 0) is 25.4 Å². The molecular formula is C22H34N6O4S. The maximum Gasteiger partial charge on any atom is 0.240 e. The van der Waals surface area contributed by atoms with E-state index in [9.17, 15) is 18.0 Å². The van der Waals surface area contributed by atoms with E-state index < -0.39 is 16.1 Å². The standard InChI is InChI=1S/C22H34N6O4S/c1-16(26-33(31,32)15-17-6-3-2-4-7-17)21(30)28-11-5-8-19(28)14-25-20(29)18-9-12-27(13-10-18)22(23)24/h2-4,6-7,16,18-19,26H,5,8-15H2,1H3,(H3,23,24)(H,25,29)/t16-,19+/m1/s1. The summed E-state index contributed by atoms with van der Waals surface area (Å²) in [7, 11) is -3.67. The molecule has 0 aliphatic carbocycles. The molecule has 1 aromatic carbocycles. The van der Waals surface area contributed by atoms with Crippen LogP contribution >= 0.6 is 0 Å². The third kappa shape index (κ3) is 6.91. The van der Waals surface area contributed by atoms with E-state index in [1.165, 1.54) is 0 Å². The van der Waals surface area contributed by atoms with Gasteiger partial charge in [0, 0.05) is 38.1 Å². The van der Waals surface area contributed by atoms with Crippen LogP contribution in [0.2, 0.25) is 0 Å². The van der Waals surface area contributed by atoms with Gasteiger partial charge in [-0.15, -0.1) is 0 Å². The number of nitrogens with zero attached hydrogens (tertiary/aromatic N) is 2. The van der Waals surface area contributed by atoms with Gasteiger partial charge in [-0.1, -0.05) is 30.3 Å². The summed E-state index contributed by atoms with van der Waals surface area (Å²) >= 11 is 0. The van der Waals surface area contributed by atoms with Gasteiger partial charge in [0.1, 0.15) is 0 Å². The zero-order chi connectivity index (χ0) is 24.0. The van der Waals surface area contributed by atoms with Crippen molar-refractivity contribution in [1.82, 2.24) is 19.8 Å². The predicted octanol–water partition coefficient (Wildman–Crippen LogP) is 0.207. The molecular weight excluding hydrogens is 444 g/mol. The topological polar surface area (TPSA) is 149 Å². The van der Waals surface area contributed by atoms with Crippen LogP contribution in [0.5, 0.6) is 0 Å². The highest BCUT2D eigenvalue weighted by Crippen LogP contribution is 2.20. The molecule has 0 saturated carbocycles. The van der Waals surface area contributed by atoms with Crippen LogP contribution in [0.1, 0.15) is 38.2 Å². The number of guanidine groups is 1. The summed E-state index contributed by atoms with van der Waals surface area (Å²) in [4.78, 5) is 29.0. The van der Waals surface area contributed by atoms with Crippen molar-refractivity contribution in [3.05, 3.63) is 35.9 Å². The molecule has 10 nitrogen and oxygen atoms in total. The molecule has 0 spiro atoms. The number of hydrogen-bond acceptors (Lipinski definition) is 5. The second kappa shape index (κ2) is 11.0. The first-order valence-corrected chi connectivity index (χ1v) is 13.0. The SMILES string of the molecule is C[C@@H](NS(=O)(=O)Cc1ccccc1)C(=O)N1CCC[C@H]1CNC(=O)C1CCN(C(=N)N)CC1. The average molecular weight is 479 g/mol. The summed E-state index contributed by atoms with van der Waals surface area (Å²) in [5.74, 6) is -0.613. The number of carbonyl (C=O) groups is 2. The van der Waals surface area contributed by atoms with Gasteiger partial charge in [-0.3, -0.25) is 15.0 Å². The van der Waals surface area contributed by atoms with Crippen molar-refractivity contribution >= 4 is 27.8 Å². The lowest BCUT2D eigenvalue weighted by Gasteiger charge is -2.32. The number of likely N-dealkylation sites (tertiary alicyclic amines) is 2. The summed E-state index contributed by atoms with van der Waals surface area (Å²) in [5, 5.41) is 10.5. The van der Waals surface area contributed by atoms with Gasteiger partial charge in [0.2, 0.25) is 21.8 Å². The minimum absolute atomic E-state index is 0.0301. The lowest BCUT2D eigenvalue weighted by molar-refractivity contribution is -0.134. The second-order valence-electron chi connectivity index (χ2n) is 8.80. The molecule has 2 atom stereocenters. The Morgan fingerprint density at radius 3 is 2.45 bits per heavy atom. The minimum atomic E-state index is -3.67. The Morgan fingerprint density at radius 2 is 1.82 bits per heavy atom. The van der Waals surface area contributed by atoms with E-state index in [4.69, 9.17) is 11.1 Å². The van der Waals surface area contributed by atoms with Crippen molar-refractivity contribution in [2.75, 3.05) is 26.2 Å². The smallest absolute Gasteiger partial charge is 0.240 e. The van der Waals surface area contributed by atoms with E-state index in [1.54, 1.807) is 41.0 Å². The maximum atomic E-state index is 13.0. The first kappa shape index (κ1) is 25.0. The first-order chi connectivity index (χ1) is 15.7. The molecule has 2 aliphatic heterocycles. The fourth-order valence-corrected chi connectivity index (χ4v) is 5.84. The summed E-state index contributed by atoms with van der Waals surface area (Å²) < 4.78 is 27.5. The molecule has 2 aliphatic rings. The van der Waals surface area contributed by atoms with Crippen molar-refractivity contribution in [1.29, 1.82) is 5.41 Å². The van der Waals surface area contributed by atoms with Gasteiger partial charge in [0.25, 0.3) is 0 Å². The minimum Gasteiger partial charge on any atom is -0.370 e. The van der Waals surface area contributed by atoms with Crippen molar-refractivity contribution in [3.63, 3.8) is 0 Å². The molecule has 0 radical (unpaired) electrons. The Kier molecular flexibility index (Phi) is 8.30. The molecule has 5 N–H and O–H groups in total. The average Bonchev–Trinajstić information content (AvgIpc) is 3.25. The number of rotatable bonds is 8. The third-order valence-electron chi connectivity index (χ3n) is 6.30. The fourth-order valence-electron chi connectivity index (χ4n) is 4.49. The molecule has 0 aromatic heterocycles. The summed E-state index contributed by atoms with van der Waals surface area (Å²) in [6.45, 7) is 3.62. The maximum absolute atomic E-state index is 13.0. The monoisotopic (exact) mass is 478 g/mol. The summed E-state index contributed by atoms with van der Waals surface area (Å²) in [5.41, 5.74) is 6.16. The number of hydrogen-bond donors (Lipinski definition) is 4. The van der Waals surface area contributed by atoms with Crippen LogP contribution < -0.4 is 15.8 Å². The largest absolute Gasteiger partial charge is 0.370 e. The summed E-state index contributed by atoms with van der Waals surface area (Å²) in [6, 6.07) is 7.79. The molecule has 2 fully saturated rings.